The van der Waals surface area contributed by atoms with Crippen LogP contribution in [0, 0.1) is 6.92 Å². The van der Waals surface area contributed by atoms with E-state index in [9.17, 15) is 4.79 Å². The highest BCUT2D eigenvalue weighted by Gasteiger charge is 2.05. The smallest absolute Gasteiger partial charge is 0.256 e. The molecule has 0 saturated heterocycles. The van der Waals surface area contributed by atoms with Crippen LogP contribution in [0.15, 0.2) is 35.1 Å². The predicted octanol–water partition coefficient (Wildman–Crippen LogP) is 1.78. The molecule has 2 aromatic heterocycles. The molecule has 3 rings (SSSR count). The predicted molar refractivity (Wildman–Crippen MR) is 62.4 cm³/mol. The fourth-order valence-electron chi connectivity index (χ4n) is 1.86. The third kappa shape index (κ3) is 1.20. The largest absolute Gasteiger partial charge is 0.320 e. The van der Waals surface area contributed by atoms with Crippen LogP contribution in [0.4, 0.5) is 0 Å². The van der Waals surface area contributed by atoms with Crippen LogP contribution in [0.5, 0.6) is 0 Å². The van der Waals surface area contributed by atoms with Gasteiger partial charge in [-0.2, -0.15) is 5.10 Å². The molecule has 0 spiro atoms. The van der Waals surface area contributed by atoms with E-state index in [2.05, 4.69) is 15.2 Å². The third-order valence-corrected chi connectivity index (χ3v) is 2.59. The van der Waals surface area contributed by atoms with E-state index in [0.29, 0.717) is 5.39 Å². The zero-order valence-corrected chi connectivity index (χ0v) is 8.69. The van der Waals surface area contributed by atoms with E-state index < -0.39 is 0 Å². The van der Waals surface area contributed by atoms with E-state index in [1.165, 1.54) is 0 Å². The number of aromatic amines is 1. The highest BCUT2D eigenvalue weighted by molar-refractivity contribution is 6.02. The second kappa shape index (κ2) is 3.13. The number of rotatable bonds is 0. The molecule has 4 nitrogen and oxygen atoms in total. The lowest BCUT2D eigenvalue weighted by atomic mass is 10.1. The minimum absolute atomic E-state index is 0.0875. The number of nitrogens with zero attached hydrogens (tertiary/aromatic N) is 2. The molecule has 0 aliphatic heterocycles. The number of fused-ring (bicyclic) bond motifs is 3. The average molecular weight is 211 g/mol. The lowest BCUT2D eigenvalue weighted by Crippen LogP contribution is -2.07. The first-order chi connectivity index (χ1) is 7.75. The van der Waals surface area contributed by atoms with Gasteiger partial charge in [-0.25, -0.2) is 0 Å². The summed E-state index contributed by atoms with van der Waals surface area (Å²) in [5.41, 5.74) is 2.17. The molecule has 0 unspecified atom stereocenters. The van der Waals surface area contributed by atoms with Crippen molar-refractivity contribution in [3.63, 3.8) is 0 Å². The van der Waals surface area contributed by atoms with Crippen molar-refractivity contribution in [3.8, 4) is 0 Å². The Morgan fingerprint density at radius 2 is 1.88 bits per heavy atom. The van der Waals surface area contributed by atoms with Crippen molar-refractivity contribution < 1.29 is 0 Å². The van der Waals surface area contributed by atoms with Crippen LogP contribution < -0.4 is 5.56 Å². The quantitative estimate of drug-likeness (QED) is 0.576. The first kappa shape index (κ1) is 9.03. The summed E-state index contributed by atoms with van der Waals surface area (Å²) >= 11 is 0. The van der Waals surface area contributed by atoms with Crippen LogP contribution >= 0.6 is 0 Å². The van der Waals surface area contributed by atoms with Gasteiger partial charge in [0.25, 0.3) is 5.56 Å². The Morgan fingerprint density at radius 3 is 2.69 bits per heavy atom. The van der Waals surface area contributed by atoms with E-state index in [-0.39, 0.29) is 5.56 Å². The van der Waals surface area contributed by atoms with Gasteiger partial charge in [0.15, 0.2) is 0 Å². The summed E-state index contributed by atoms with van der Waals surface area (Å²) in [5.74, 6) is 0. The molecule has 3 aromatic rings. The first-order valence-corrected chi connectivity index (χ1v) is 5.01. The zero-order valence-electron chi connectivity index (χ0n) is 8.69. The van der Waals surface area contributed by atoms with Gasteiger partial charge in [0.1, 0.15) is 5.52 Å². The third-order valence-electron chi connectivity index (χ3n) is 2.59. The van der Waals surface area contributed by atoms with Crippen molar-refractivity contribution in [2.24, 2.45) is 0 Å². The number of hydrogen-bond acceptors (Lipinski definition) is 3. The average Bonchev–Trinajstić information content (AvgIpc) is 2.29. The van der Waals surface area contributed by atoms with Crippen LogP contribution in [-0.2, 0) is 0 Å². The zero-order chi connectivity index (χ0) is 11.1. The van der Waals surface area contributed by atoms with Gasteiger partial charge in [0.2, 0.25) is 0 Å². The Labute approximate surface area is 90.9 Å². The molecule has 0 aliphatic carbocycles. The molecular weight excluding hydrogens is 202 g/mol. The number of aryl methyl sites for hydroxylation is 1. The fraction of sp³-hybridized carbons (Fsp3) is 0.0833. The first-order valence-electron chi connectivity index (χ1n) is 5.01. The molecule has 0 saturated carbocycles. The van der Waals surface area contributed by atoms with Gasteiger partial charge in [-0.05, 0) is 19.1 Å². The molecule has 0 fully saturated rings. The van der Waals surface area contributed by atoms with Crippen molar-refractivity contribution in [1.82, 2.24) is 15.2 Å². The molecule has 0 radical (unpaired) electrons. The van der Waals surface area contributed by atoms with Crippen molar-refractivity contribution in [2.75, 3.05) is 0 Å². The maximum Gasteiger partial charge on any atom is 0.256 e. The Morgan fingerprint density at radius 1 is 1.12 bits per heavy atom. The monoisotopic (exact) mass is 211 g/mol. The van der Waals surface area contributed by atoms with E-state index >= 15 is 0 Å². The second-order valence-electron chi connectivity index (χ2n) is 3.75. The van der Waals surface area contributed by atoms with Gasteiger partial charge in [-0.1, -0.05) is 18.2 Å². The van der Waals surface area contributed by atoms with Crippen molar-refractivity contribution in [3.05, 3.63) is 46.4 Å². The van der Waals surface area contributed by atoms with Crippen LogP contribution in [0.3, 0.4) is 0 Å². The van der Waals surface area contributed by atoms with Gasteiger partial charge >= 0.3 is 0 Å². The summed E-state index contributed by atoms with van der Waals surface area (Å²) in [5, 5.41) is 9.63. The highest BCUT2D eigenvalue weighted by atomic mass is 16.1. The van der Waals surface area contributed by atoms with E-state index in [4.69, 9.17) is 0 Å². The Kier molecular flexibility index (Phi) is 1.77. The summed E-state index contributed by atoms with van der Waals surface area (Å²) in [6, 6.07) is 9.23. The Hall–Kier alpha value is -2.23. The summed E-state index contributed by atoms with van der Waals surface area (Å²) in [6.07, 6.45) is 0. The van der Waals surface area contributed by atoms with Gasteiger partial charge in [-0.3, -0.25) is 4.79 Å². The Bertz CT molecular complexity index is 746. The summed E-state index contributed by atoms with van der Waals surface area (Å²) in [6.45, 7) is 1.85. The highest BCUT2D eigenvalue weighted by Crippen LogP contribution is 2.18. The number of nitrogens with one attached hydrogen (secondary N) is 1. The van der Waals surface area contributed by atoms with Gasteiger partial charge in [-0.15, -0.1) is 5.10 Å². The lowest BCUT2D eigenvalue weighted by Gasteiger charge is -2.01. The number of aromatic nitrogens is 3. The molecule has 0 atom stereocenters. The van der Waals surface area contributed by atoms with E-state index in [1.54, 1.807) is 6.07 Å². The topological polar surface area (TPSA) is 58.6 Å². The standard InChI is InChI=1S/C12H9N3O/c1-7-6-10-11(15-14-7)8-4-2-3-5-9(8)12(16)13-10/h2-6H,1H3,(H,13,16). The molecular formula is C12H9N3O. The minimum Gasteiger partial charge on any atom is -0.320 e. The van der Waals surface area contributed by atoms with Crippen LogP contribution in [0.1, 0.15) is 5.69 Å². The molecule has 2 heterocycles. The van der Waals surface area contributed by atoms with Gasteiger partial charge < -0.3 is 4.98 Å². The molecule has 1 aromatic carbocycles. The summed E-state index contributed by atoms with van der Waals surface area (Å²) in [7, 11) is 0. The van der Waals surface area contributed by atoms with E-state index in [0.717, 1.165) is 22.1 Å². The second-order valence-corrected chi connectivity index (χ2v) is 3.75. The molecule has 0 bridgehead atoms. The van der Waals surface area contributed by atoms with Crippen molar-refractivity contribution >= 4 is 21.8 Å². The number of pyridine rings is 1. The van der Waals surface area contributed by atoms with Gasteiger partial charge in [0.05, 0.1) is 11.2 Å². The van der Waals surface area contributed by atoms with E-state index in [1.807, 2.05) is 31.2 Å². The van der Waals surface area contributed by atoms with Crippen molar-refractivity contribution in [2.45, 2.75) is 6.92 Å². The van der Waals surface area contributed by atoms with Crippen molar-refractivity contribution in [1.29, 1.82) is 0 Å². The molecule has 1 N–H and O–H groups in total. The van der Waals surface area contributed by atoms with Crippen LogP contribution in [0.25, 0.3) is 21.8 Å². The number of H-pyrrole nitrogens is 1. The number of hydrogen-bond donors (Lipinski definition) is 1. The minimum atomic E-state index is -0.0875. The molecule has 4 heteroatoms. The summed E-state index contributed by atoms with van der Waals surface area (Å²) < 4.78 is 0. The SMILES string of the molecule is Cc1cc2[nH]c(=O)c3ccccc3c2nn1. The Balaban J connectivity index is 2.64. The molecule has 16 heavy (non-hydrogen) atoms. The maximum absolute atomic E-state index is 11.8. The normalized spacial score (nSPS) is 11.1. The molecule has 78 valence electrons. The molecule has 0 aliphatic rings. The molecule has 0 amide bonds. The fourth-order valence-corrected chi connectivity index (χ4v) is 1.86. The van der Waals surface area contributed by atoms with Gasteiger partial charge in [0, 0.05) is 10.8 Å². The van der Waals surface area contributed by atoms with Crippen LogP contribution in [-0.4, -0.2) is 15.2 Å². The summed E-state index contributed by atoms with van der Waals surface area (Å²) in [4.78, 5) is 14.6. The number of benzene rings is 1. The lowest BCUT2D eigenvalue weighted by molar-refractivity contribution is 1.02. The maximum atomic E-state index is 11.8. The van der Waals surface area contributed by atoms with Crippen LogP contribution in [0.2, 0.25) is 0 Å².